The molecule has 1 N–H and O–H groups in total. The number of methoxy groups -OCH3 is 1. The van der Waals surface area contributed by atoms with E-state index < -0.39 is 19.1 Å². The number of nitrogens with one attached hydrogen (secondary N) is 1. The van der Waals surface area contributed by atoms with Gasteiger partial charge in [-0.1, -0.05) is 13.3 Å². The van der Waals surface area contributed by atoms with Crippen LogP contribution in [0, 0.1) is 0 Å². The SMILES string of the molecule is CCCCS(=O)(=O)Nc1ccc(OC)c(S(=O)(=O)Cl)c1. The number of benzene rings is 1. The third-order valence-corrected chi connectivity index (χ3v) is 5.18. The standard InChI is InChI=1S/C11H16ClNO5S2/c1-3-4-7-19(14,15)13-9-5-6-10(18-2)11(8-9)20(12,16)17/h5-6,8,13H,3-4,7H2,1-2H3. The van der Waals surface area contributed by atoms with E-state index in [4.69, 9.17) is 15.4 Å². The number of anilines is 1. The number of unbranched alkanes of at least 4 members (excludes halogenated alkanes) is 1. The second kappa shape index (κ2) is 6.64. The van der Waals surface area contributed by atoms with E-state index in [0.29, 0.717) is 6.42 Å². The van der Waals surface area contributed by atoms with Crippen molar-refractivity contribution in [3.05, 3.63) is 18.2 Å². The minimum absolute atomic E-state index is 0.0293. The first kappa shape index (κ1) is 17.1. The quantitative estimate of drug-likeness (QED) is 0.767. The third-order valence-electron chi connectivity index (χ3n) is 2.47. The van der Waals surface area contributed by atoms with Crippen molar-refractivity contribution < 1.29 is 21.6 Å². The fourth-order valence-corrected chi connectivity index (χ4v) is 3.77. The zero-order valence-corrected chi connectivity index (χ0v) is 13.5. The average molecular weight is 342 g/mol. The van der Waals surface area contributed by atoms with Gasteiger partial charge in [-0.3, -0.25) is 4.72 Å². The highest BCUT2D eigenvalue weighted by Gasteiger charge is 2.19. The normalized spacial score (nSPS) is 12.2. The summed E-state index contributed by atoms with van der Waals surface area (Å²) in [5, 5.41) is 0. The summed E-state index contributed by atoms with van der Waals surface area (Å²) in [5.74, 6) is 0.0230. The number of ether oxygens (including phenoxy) is 1. The molecule has 0 amide bonds. The Hall–Kier alpha value is -0.990. The first-order valence-electron chi connectivity index (χ1n) is 5.83. The van der Waals surface area contributed by atoms with Crippen LogP contribution in [0.1, 0.15) is 19.8 Å². The van der Waals surface area contributed by atoms with Gasteiger partial charge in [0.15, 0.2) is 0 Å². The predicted octanol–water partition coefficient (Wildman–Crippen LogP) is 2.16. The van der Waals surface area contributed by atoms with Crippen molar-refractivity contribution in [2.45, 2.75) is 24.7 Å². The summed E-state index contributed by atoms with van der Waals surface area (Å²) in [4.78, 5) is -0.280. The van der Waals surface area contributed by atoms with Gasteiger partial charge in [0.1, 0.15) is 10.6 Å². The second-order valence-corrected chi connectivity index (χ2v) is 8.45. The molecule has 0 bridgehead atoms. The highest BCUT2D eigenvalue weighted by atomic mass is 35.7. The van der Waals surface area contributed by atoms with Crippen LogP contribution in [0.2, 0.25) is 0 Å². The molecular weight excluding hydrogens is 326 g/mol. The highest BCUT2D eigenvalue weighted by Crippen LogP contribution is 2.30. The number of sulfonamides is 1. The maximum atomic E-state index is 11.7. The minimum atomic E-state index is -4.03. The first-order chi connectivity index (χ1) is 9.19. The van der Waals surface area contributed by atoms with Crippen LogP contribution in [0.25, 0.3) is 0 Å². The molecule has 9 heteroatoms. The van der Waals surface area contributed by atoms with Gasteiger partial charge in [-0.15, -0.1) is 0 Å². The molecule has 0 saturated heterocycles. The Morgan fingerprint density at radius 3 is 2.40 bits per heavy atom. The van der Waals surface area contributed by atoms with Crippen molar-refractivity contribution in [3.63, 3.8) is 0 Å². The Bertz CT molecular complexity index is 670. The van der Waals surface area contributed by atoms with Gasteiger partial charge in [0, 0.05) is 10.7 Å². The van der Waals surface area contributed by atoms with Crippen LogP contribution in [0.15, 0.2) is 23.1 Å². The van der Waals surface area contributed by atoms with E-state index in [9.17, 15) is 16.8 Å². The molecule has 1 rings (SSSR count). The molecule has 114 valence electrons. The van der Waals surface area contributed by atoms with Crippen molar-refractivity contribution >= 4 is 35.4 Å². The van der Waals surface area contributed by atoms with Crippen LogP contribution in [-0.2, 0) is 19.1 Å². The second-order valence-electron chi connectivity index (χ2n) is 4.08. The summed E-state index contributed by atoms with van der Waals surface area (Å²) in [6.07, 6.45) is 1.26. The lowest BCUT2D eigenvalue weighted by Crippen LogP contribution is -2.16. The van der Waals surface area contributed by atoms with Gasteiger partial charge in [-0.05, 0) is 24.6 Å². The van der Waals surface area contributed by atoms with Crippen molar-refractivity contribution in [1.82, 2.24) is 0 Å². The van der Waals surface area contributed by atoms with Gasteiger partial charge in [0.25, 0.3) is 9.05 Å². The topological polar surface area (TPSA) is 89.5 Å². The molecule has 0 aliphatic carbocycles. The Kier molecular flexibility index (Phi) is 5.67. The van der Waals surface area contributed by atoms with Gasteiger partial charge < -0.3 is 4.74 Å². The molecule has 6 nitrogen and oxygen atoms in total. The molecule has 0 spiro atoms. The lowest BCUT2D eigenvalue weighted by molar-refractivity contribution is 0.403. The maximum absolute atomic E-state index is 11.7. The van der Waals surface area contributed by atoms with Crippen LogP contribution >= 0.6 is 10.7 Å². The van der Waals surface area contributed by atoms with E-state index in [1.54, 1.807) is 0 Å². The minimum Gasteiger partial charge on any atom is -0.495 e. The lowest BCUT2D eigenvalue weighted by Gasteiger charge is -2.10. The third kappa shape index (κ3) is 4.84. The molecule has 0 aliphatic heterocycles. The van der Waals surface area contributed by atoms with E-state index in [1.807, 2.05) is 6.92 Å². The summed E-state index contributed by atoms with van der Waals surface area (Å²) in [7, 11) is -0.954. The molecule has 0 unspecified atom stereocenters. The zero-order valence-electron chi connectivity index (χ0n) is 11.1. The van der Waals surface area contributed by atoms with E-state index in [2.05, 4.69) is 4.72 Å². The largest absolute Gasteiger partial charge is 0.495 e. The Balaban J connectivity index is 3.11. The zero-order chi connectivity index (χ0) is 15.4. The van der Waals surface area contributed by atoms with E-state index in [0.717, 1.165) is 12.5 Å². The summed E-state index contributed by atoms with van der Waals surface area (Å²) < 4.78 is 53.5. The van der Waals surface area contributed by atoms with E-state index in [-0.39, 0.29) is 22.1 Å². The molecule has 0 atom stereocenters. The summed E-state index contributed by atoms with van der Waals surface area (Å²) >= 11 is 0. The maximum Gasteiger partial charge on any atom is 0.265 e. The highest BCUT2D eigenvalue weighted by molar-refractivity contribution is 8.13. The molecule has 0 radical (unpaired) electrons. The van der Waals surface area contributed by atoms with Gasteiger partial charge in [-0.25, -0.2) is 16.8 Å². The van der Waals surface area contributed by atoms with Crippen molar-refractivity contribution in [3.8, 4) is 5.75 Å². The molecule has 0 aliphatic rings. The lowest BCUT2D eigenvalue weighted by atomic mass is 10.3. The average Bonchev–Trinajstić information content (AvgIpc) is 2.35. The van der Waals surface area contributed by atoms with Crippen LogP contribution < -0.4 is 9.46 Å². The molecular formula is C11H16ClNO5S2. The number of hydrogen-bond acceptors (Lipinski definition) is 5. The molecule has 20 heavy (non-hydrogen) atoms. The Labute approximate surface area is 123 Å². The van der Waals surface area contributed by atoms with E-state index >= 15 is 0 Å². The molecule has 1 aromatic carbocycles. The van der Waals surface area contributed by atoms with E-state index in [1.165, 1.54) is 19.2 Å². The number of rotatable bonds is 7. The molecule has 0 heterocycles. The van der Waals surface area contributed by atoms with Crippen LogP contribution in [0.3, 0.4) is 0 Å². The monoisotopic (exact) mass is 341 g/mol. The smallest absolute Gasteiger partial charge is 0.265 e. The fraction of sp³-hybridized carbons (Fsp3) is 0.455. The predicted molar refractivity (Wildman–Crippen MR) is 78.4 cm³/mol. The van der Waals surface area contributed by atoms with Gasteiger partial charge in [-0.2, -0.15) is 0 Å². The van der Waals surface area contributed by atoms with Crippen molar-refractivity contribution in [2.24, 2.45) is 0 Å². The molecule has 0 saturated carbocycles. The fourth-order valence-electron chi connectivity index (χ4n) is 1.50. The van der Waals surface area contributed by atoms with Crippen molar-refractivity contribution in [2.75, 3.05) is 17.6 Å². The van der Waals surface area contributed by atoms with Crippen molar-refractivity contribution in [1.29, 1.82) is 0 Å². The summed E-state index contributed by atoms with van der Waals surface area (Å²) in [6, 6.07) is 3.88. The van der Waals surface area contributed by atoms with Crippen LogP contribution in [-0.4, -0.2) is 29.7 Å². The Morgan fingerprint density at radius 2 is 1.90 bits per heavy atom. The molecule has 1 aromatic rings. The number of hydrogen-bond donors (Lipinski definition) is 1. The van der Waals surface area contributed by atoms with Crippen LogP contribution in [0.4, 0.5) is 5.69 Å². The Morgan fingerprint density at radius 1 is 1.25 bits per heavy atom. The molecule has 0 fully saturated rings. The van der Waals surface area contributed by atoms with Gasteiger partial charge >= 0.3 is 0 Å². The number of halogens is 1. The first-order valence-corrected chi connectivity index (χ1v) is 9.79. The summed E-state index contributed by atoms with van der Waals surface area (Å²) in [5.41, 5.74) is 0.126. The van der Waals surface area contributed by atoms with Crippen LogP contribution in [0.5, 0.6) is 5.75 Å². The molecule has 0 aromatic heterocycles. The van der Waals surface area contributed by atoms with Gasteiger partial charge in [0.05, 0.1) is 18.6 Å². The summed E-state index contributed by atoms with van der Waals surface area (Å²) in [6.45, 7) is 1.88. The van der Waals surface area contributed by atoms with Gasteiger partial charge in [0.2, 0.25) is 10.0 Å².